The summed E-state index contributed by atoms with van der Waals surface area (Å²) >= 11 is 0. The van der Waals surface area contributed by atoms with Crippen molar-refractivity contribution < 1.29 is 4.79 Å². The molecule has 0 saturated carbocycles. The molecule has 1 saturated heterocycles. The lowest BCUT2D eigenvalue weighted by molar-refractivity contribution is -0.131. The van der Waals surface area contributed by atoms with Crippen LogP contribution >= 0.6 is 24.8 Å². The van der Waals surface area contributed by atoms with Gasteiger partial charge in [0.25, 0.3) is 0 Å². The van der Waals surface area contributed by atoms with E-state index < -0.39 is 0 Å². The van der Waals surface area contributed by atoms with Crippen molar-refractivity contribution >= 4 is 30.7 Å². The summed E-state index contributed by atoms with van der Waals surface area (Å²) in [5.41, 5.74) is 5.40. The molecule has 1 unspecified atom stereocenters. The summed E-state index contributed by atoms with van der Waals surface area (Å²) in [4.78, 5) is 12.1. The van der Waals surface area contributed by atoms with Crippen molar-refractivity contribution in [2.75, 3.05) is 26.2 Å². The molecule has 0 spiro atoms. The Kier molecular flexibility index (Phi) is 12.0. The third-order valence-electron chi connectivity index (χ3n) is 4.23. The molecule has 1 heterocycles. The number of hydrogen-bond acceptors (Lipinski definition) is 3. The van der Waals surface area contributed by atoms with Gasteiger partial charge >= 0.3 is 0 Å². The molecule has 1 amide bonds. The minimum Gasteiger partial charge on any atom is -0.356 e. The molecule has 1 fully saturated rings. The average Bonchev–Trinajstić information content (AvgIpc) is 2.85. The van der Waals surface area contributed by atoms with E-state index in [1.807, 2.05) is 13.8 Å². The minimum absolute atomic E-state index is 0. The summed E-state index contributed by atoms with van der Waals surface area (Å²) in [7, 11) is 0. The molecule has 19 heavy (non-hydrogen) atoms. The van der Waals surface area contributed by atoms with Crippen molar-refractivity contribution in [2.24, 2.45) is 17.1 Å². The zero-order valence-corrected chi connectivity index (χ0v) is 13.7. The molecule has 6 heteroatoms. The van der Waals surface area contributed by atoms with E-state index in [0.29, 0.717) is 6.54 Å². The second-order valence-electron chi connectivity index (χ2n) is 5.09. The van der Waals surface area contributed by atoms with Gasteiger partial charge in [0.1, 0.15) is 0 Å². The molecule has 0 aromatic carbocycles. The van der Waals surface area contributed by atoms with Crippen LogP contribution in [-0.4, -0.2) is 32.1 Å². The second-order valence-corrected chi connectivity index (χ2v) is 5.09. The maximum Gasteiger partial charge on any atom is 0.227 e. The van der Waals surface area contributed by atoms with E-state index in [1.54, 1.807) is 0 Å². The van der Waals surface area contributed by atoms with Crippen LogP contribution in [-0.2, 0) is 4.79 Å². The molecule has 1 aliphatic rings. The molecule has 4 N–H and O–H groups in total. The third kappa shape index (κ3) is 5.86. The summed E-state index contributed by atoms with van der Waals surface area (Å²) < 4.78 is 0. The van der Waals surface area contributed by atoms with Gasteiger partial charge < -0.3 is 16.4 Å². The van der Waals surface area contributed by atoms with Gasteiger partial charge in [-0.1, -0.05) is 13.8 Å². The van der Waals surface area contributed by atoms with Gasteiger partial charge in [0.05, 0.1) is 5.41 Å². The zero-order valence-electron chi connectivity index (χ0n) is 12.0. The van der Waals surface area contributed by atoms with Crippen LogP contribution in [0.5, 0.6) is 0 Å². The van der Waals surface area contributed by atoms with Crippen LogP contribution in [0.1, 0.15) is 39.5 Å². The molecule has 0 bridgehead atoms. The number of halogens is 2. The Labute approximate surface area is 129 Å². The Hall–Kier alpha value is -0.0300. The lowest BCUT2D eigenvalue weighted by Gasteiger charge is -2.28. The van der Waals surface area contributed by atoms with E-state index in [2.05, 4.69) is 10.6 Å². The lowest BCUT2D eigenvalue weighted by atomic mass is 9.81. The van der Waals surface area contributed by atoms with Crippen LogP contribution in [0.3, 0.4) is 0 Å². The van der Waals surface area contributed by atoms with Gasteiger partial charge in [-0.15, -0.1) is 24.8 Å². The fourth-order valence-corrected chi connectivity index (χ4v) is 2.49. The molecule has 1 aliphatic heterocycles. The largest absolute Gasteiger partial charge is 0.356 e. The molecular formula is C13H29Cl2N3O. The molecule has 0 radical (unpaired) electrons. The normalized spacial score (nSPS) is 18.4. The predicted molar refractivity (Wildman–Crippen MR) is 85.2 cm³/mol. The highest BCUT2D eigenvalue weighted by molar-refractivity contribution is 5.85. The van der Waals surface area contributed by atoms with Gasteiger partial charge in [-0.05, 0) is 44.7 Å². The minimum atomic E-state index is -0.353. The summed E-state index contributed by atoms with van der Waals surface area (Å²) in [5.74, 6) is 0.863. The number of amides is 1. The first-order valence-corrected chi connectivity index (χ1v) is 6.87. The first-order chi connectivity index (χ1) is 8.18. The third-order valence-corrected chi connectivity index (χ3v) is 4.23. The van der Waals surface area contributed by atoms with Crippen molar-refractivity contribution in [1.29, 1.82) is 0 Å². The van der Waals surface area contributed by atoms with Crippen molar-refractivity contribution in [2.45, 2.75) is 39.5 Å². The predicted octanol–water partition coefficient (Wildman–Crippen LogP) is 1.71. The molecule has 0 aliphatic carbocycles. The lowest BCUT2D eigenvalue weighted by Crippen LogP contribution is -2.45. The Morgan fingerprint density at radius 2 is 2.00 bits per heavy atom. The van der Waals surface area contributed by atoms with E-state index in [-0.39, 0.29) is 36.1 Å². The van der Waals surface area contributed by atoms with Crippen molar-refractivity contribution in [1.82, 2.24) is 10.6 Å². The topological polar surface area (TPSA) is 67.2 Å². The number of carbonyl (C=O) groups excluding carboxylic acids is 1. The van der Waals surface area contributed by atoms with Crippen molar-refractivity contribution in [3.63, 3.8) is 0 Å². The van der Waals surface area contributed by atoms with Crippen LogP contribution in [0, 0.1) is 11.3 Å². The molecular weight excluding hydrogens is 285 g/mol. The molecule has 116 valence electrons. The number of rotatable bonds is 7. The van der Waals surface area contributed by atoms with Gasteiger partial charge in [0, 0.05) is 13.1 Å². The van der Waals surface area contributed by atoms with Crippen molar-refractivity contribution in [3.05, 3.63) is 0 Å². The summed E-state index contributed by atoms with van der Waals surface area (Å²) in [6.45, 7) is 7.52. The zero-order chi connectivity index (χ0) is 12.7. The summed E-state index contributed by atoms with van der Waals surface area (Å²) in [6, 6.07) is 0. The summed E-state index contributed by atoms with van der Waals surface area (Å²) in [5, 5.41) is 6.40. The highest BCUT2D eigenvalue weighted by Crippen LogP contribution is 2.25. The summed E-state index contributed by atoms with van der Waals surface area (Å²) in [6.07, 6.45) is 3.94. The smallest absolute Gasteiger partial charge is 0.227 e. The van der Waals surface area contributed by atoms with Gasteiger partial charge in [0.2, 0.25) is 5.91 Å². The van der Waals surface area contributed by atoms with Crippen LogP contribution in [0.25, 0.3) is 0 Å². The monoisotopic (exact) mass is 313 g/mol. The Balaban J connectivity index is 0. The van der Waals surface area contributed by atoms with Gasteiger partial charge in [-0.2, -0.15) is 0 Å². The fraction of sp³-hybridized carbons (Fsp3) is 0.923. The van der Waals surface area contributed by atoms with Crippen LogP contribution < -0.4 is 16.4 Å². The SMILES string of the molecule is CCC(CC)(CN)C(=O)NCCC1CCNC1.Cl.Cl. The van der Waals surface area contributed by atoms with Gasteiger partial charge in [-0.3, -0.25) is 4.79 Å². The maximum absolute atomic E-state index is 12.1. The quantitative estimate of drug-likeness (QED) is 0.670. The van der Waals surface area contributed by atoms with E-state index in [0.717, 1.165) is 44.8 Å². The Morgan fingerprint density at radius 3 is 2.42 bits per heavy atom. The van der Waals surface area contributed by atoms with Crippen LogP contribution in [0.15, 0.2) is 0 Å². The highest BCUT2D eigenvalue weighted by atomic mass is 35.5. The maximum atomic E-state index is 12.1. The van der Waals surface area contributed by atoms with E-state index in [4.69, 9.17) is 5.73 Å². The van der Waals surface area contributed by atoms with Crippen LogP contribution in [0.2, 0.25) is 0 Å². The number of hydrogen-bond donors (Lipinski definition) is 3. The molecule has 1 rings (SSSR count). The first-order valence-electron chi connectivity index (χ1n) is 6.87. The Bertz CT molecular complexity index is 234. The second kappa shape index (κ2) is 10.7. The van der Waals surface area contributed by atoms with E-state index in [9.17, 15) is 4.79 Å². The van der Waals surface area contributed by atoms with Gasteiger partial charge in [-0.25, -0.2) is 0 Å². The first kappa shape index (κ1) is 21.3. The molecule has 0 aromatic rings. The standard InChI is InChI=1S/C13H27N3O.2ClH/c1-3-13(4-2,10-14)12(17)16-8-6-11-5-7-15-9-11;;/h11,15H,3-10,14H2,1-2H3,(H,16,17);2*1H. The van der Waals surface area contributed by atoms with Crippen molar-refractivity contribution in [3.8, 4) is 0 Å². The highest BCUT2D eigenvalue weighted by Gasteiger charge is 2.32. The average molecular weight is 314 g/mol. The van der Waals surface area contributed by atoms with Crippen LogP contribution in [0.4, 0.5) is 0 Å². The number of carbonyl (C=O) groups is 1. The fourth-order valence-electron chi connectivity index (χ4n) is 2.49. The van der Waals surface area contributed by atoms with E-state index >= 15 is 0 Å². The molecule has 0 aromatic heterocycles. The number of nitrogens with one attached hydrogen (secondary N) is 2. The number of nitrogens with two attached hydrogens (primary N) is 1. The van der Waals surface area contributed by atoms with Gasteiger partial charge in [0.15, 0.2) is 0 Å². The molecule has 1 atom stereocenters. The Morgan fingerprint density at radius 1 is 1.37 bits per heavy atom. The molecule has 4 nitrogen and oxygen atoms in total. The van der Waals surface area contributed by atoms with E-state index in [1.165, 1.54) is 6.42 Å².